The molecule has 182 valence electrons. The number of aromatic hydroxyl groups is 1. The number of nitrogens with one attached hydrogen (secondary N) is 1. The maximum Gasteiger partial charge on any atom is 0.343 e. The fourth-order valence-electron chi connectivity index (χ4n) is 3.79. The van der Waals surface area contributed by atoms with E-state index in [1.54, 1.807) is 6.07 Å². The van der Waals surface area contributed by atoms with Crippen molar-refractivity contribution in [1.82, 2.24) is 0 Å². The predicted molar refractivity (Wildman–Crippen MR) is 119 cm³/mol. The molecule has 2 aromatic carbocycles. The molecule has 0 saturated heterocycles. The van der Waals surface area contributed by atoms with Crippen molar-refractivity contribution in [2.24, 2.45) is 0 Å². The van der Waals surface area contributed by atoms with Crippen molar-refractivity contribution in [1.29, 1.82) is 0 Å². The summed E-state index contributed by atoms with van der Waals surface area (Å²) >= 11 is 0. The Balaban J connectivity index is 1.74. The molecule has 35 heavy (non-hydrogen) atoms. The summed E-state index contributed by atoms with van der Waals surface area (Å²) in [7, 11) is 1.40. The second kappa shape index (κ2) is 9.33. The molecule has 2 N–H and O–H groups in total. The van der Waals surface area contributed by atoms with Crippen LogP contribution in [-0.2, 0) is 4.79 Å². The van der Waals surface area contributed by atoms with Gasteiger partial charge in [0.2, 0.25) is 24.3 Å². The van der Waals surface area contributed by atoms with Gasteiger partial charge in [-0.05, 0) is 36.8 Å². The molecule has 1 amide bonds. The summed E-state index contributed by atoms with van der Waals surface area (Å²) in [5.74, 6) is -2.04. The first-order valence-electron chi connectivity index (χ1n) is 10.2. The summed E-state index contributed by atoms with van der Waals surface area (Å²) < 4.78 is 34.9. The van der Waals surface area contributed by atoms with Crippen LogP contribution in [0.25, 0.3) is 0 Å². The molecule has 0 aliphatic carbocycles. The van der Waals surface area contributed by atoms with Gasteiger partial charge in [-0.3, -0.25) is 14.9 Å². The number of aryl methyl sites for hydroxylation is 1. The summed E-state index contributed by atoms with van der Waals surface area (Å²) in [6.45, 7) is 1.43. The summed E-state index contributed by atoms with van der Waals surface area (Å²) in [5.41, 5.74) is -1.49. The van der Waals surface area contributed by atoms with Crippen molar-refractivity contribution >= 4 is 17.3 Å². The molecule has 11 nitrogen and oxygen atoms in total. The van der Waals surface area contributed by atoms with E-state index in [4.69, 9.17) is 18.6 Å². The Labute approximate surface area is 196 Å². The van der Waals surface area contributed by atoms with E-state index in [-0.39, 0.29) is 35.3 Å². The second-order valence-corrected chi connectivity index (χ2v) is 7.63. The van der Waals surface area contributed by atoms with E-state index in [1.807, 2.05) is 0 Å². The smallest absolute Gasteiger partial charge is 0.343 e. The molecule has 1 atom stereocenters. The summed E-state index contributed by atoms with van der Waals surface area (Å²) in [6, 6.07) is 7.22. The monoisotopic (exact) mass is 486 g/mol. The molecule has 0 bridgehead atoms. The summed E-state index contributed by atoms with van der Waals surface area (Å²) in [6.07, 6.45) is -0.393. The summed E-state index contributed by atoms with van der Waals surface area (Å²) in [5, 5.41) is 24.0. The van der Waals surface area contributed by atoms with Crippen molar-refractivity contribution in [2.75, 3.05) is 19.2 Å². The van der Waals surface area contributed by atoms with Crippen molar-refractivity contribution in [3.05, 3.63) is 79.6 Å². The van der Waals surface area contributed by atoms with Gasteiger partial charge in [-0.1, -0.05) is 0 Å². The van der Waals surface area contributed by atoms with Crippen LogP contribution in [0.3, 0.4) is 0 Å². The third-order valence-electron chi connectivity index (χ3n) is 5.34. The number of ether oxygens (including phenoxy) is 3. The van der Waals surface area contributed by atoms with E-state index >= 15 is 0 Å². The number of nitro benzene ring substituents is 1. The van der Waals surface area contributed by atoms with Crippen LogP contribution >= 0.6 is 0 Å². The number of hydrogen-bond acceptors (Lipinski definition) is 9. The van der Waals surface area contributed by atoms with Gasteiger partial charge >= 0.3 is 11.3 Å². The van der Waals surface area contributed by atoms with E-state index < -0.39 is 40.3 Å². The van der Waals surface area contributed by atoms with Crippen molar-refractivity contribution < 1.29 is 37.8 Å². The van der Waals surface area contributed by atoms with Crippen LogP contribution in [0, 0.1) is 22.9 Å². The van der Waals surface area contributed by atoms with Gasteiger partial charge in [0, 0.05) is 30.2 Å². The number of amides is 1. The lowest BCUT2D eigenvalue weighted by Gasteiger charge is -2.19. The maximum absolute atomic E-state index is 13.7. The average Bonchev–Trinajstić information content (AvgIpc) is 3.27. The highest BCUT2D eigenvalue weighted by atomic mass is 19.1. The first-order valence-corrected chi connectivity index (χ1v) is 10.2. The number of hydrogen-bond donors (Lipinski definition) is 2. The number of anilines is 1. The molecular weight excluding hydrogens is 467 g/mol. The normalized spacial score (nSPS) is 12.8. The molecule has 12 heteroatoms. The number of carbonyl (C=O) groups excluding carboxylic acids is 1. The zero-order chi connectivity index (χ0) is 25.3. The quantitative estimate of drug-likeness (QED) is 0.377. The molecule has 4 rings (SSSR count). The van der Waals surface area contributed by atoms with E-state index in [0.29, 0.717) is 17.1 Å². The highest BCUT2D eigenvalue weighted by molar-refractivity contribution is 5.92. The molecule has 0 fully saturated rings. The minimum Gasteiger partial charge on any atom is -0.507 e. The van der Waals surface area contributed by atoms with E-state index in [0.717, 1.165) is 18.2 Å². The summed E-state index contributed by atoms with van der Waals surface area (Å²) in [4.78, 5) is 35.7. The van der Waals surface area contributed by atoms with Gasteiger partial charge in [-0.15, -0.1) is 0 Å². The van der Waals surface area contributed by atoms with Gasteiger partial charge in [0.15, 0.2) is 11.5 Å². The number of halogens is 1. The third-order valence-corrected chi connectivity index (χ3v) is 5.34. The topological polar surface area (TPSA) is 150 Å². The fraction of sp³-hybridized carbons (Fsp3) is 0.217. The molecule has 0 saturated carbocycles. The SMILES string of the molecule is COc1cc(C(CC(=O)Nc2ccc(F)c([N+](=O)[O-])c2)c2c(O)cc(C)oc2=O)cc2c1OCO2. The highest BCUT2D eigenvalue weighted by Crippen LogP contribution is 2.45. The molecule has 1 aliphatic rings. The maximum atomic E-state index is 13.7. The Hall–Kier alpha value is -4.61. The lowest BCUT2D eigenvalue weighted by Crippen LogP contribution is -2.21. The Kier molecular flexibility index (Phi) is 6.28. The lowest BCUT2D eigenvalue weighted by molar-refractivity contribution is -0.387. The van der Waals surface area contributed by atoms with Crippen LogP contribution in [0.2, 0.25) is 0 Å². The average molecular weight is 486 g/mol. The Morgan fingerprint density at radius 3 is 2.74 bits per heavy atom. The van der Waals surface area contributed by atoms with Gasteiger partial charge in [0.25, 0.3) is 0 Å². The molecule has 1 unspecified atom stereocenters. The van der Waals surface area contributed by atoms with E-state index in [2.05, 4.69) is 5.32 Å². The largest absolute Gasteiger partial charge is 0.507 e. The van der Waals surface area contributed by atoms with Gasteiger partial charge in [0.05, 0.1) is 17.6 Å². The number of rotatable bonds is 7. The predicted octanol–water partition coefficient (Wildman–Crippen LogP) is 3.60. The first-order chi connectivity index (χ1) is 16.7. The van der Waals surface area contributed by atoms with Crippen LogP contribution in [0.15, 0.2) is 45.6 Å². The number of carbonyl (C=O) groups is 1. The third kappa shape index (κ3) is 4.71. The number of nitro groups is 1. The second-order valence-electron chi connectivity index (χ2n) is 7.63. The van der Waals surface area contributed by atoms with Crippen LogP contribution in [0.5, 0.6) is 23.0 Å². The fourth-order valence-corrected chi connectivity index (χ4v) is 3.79. The van der Waals surface area contributed by atoms with E-state index in [9.17, 15) is 29.2 Å². The Bertz CT molecular complexity index is 1390. The highest BCUT2D eigenvalue weighted by Gasteiger charge is 2.30. The minimum absolute atomic E-state index is 0.0229. The molecule has 2 heterocycles. The molecule has 0 spiro atoms. The molecule has 1 aromatic heterocycles. The van der Waals surface area contributed by atoms with Gasteiger partial charge in [-0.2, -0.15) is 4.39 Å². The zero-order valence-corrected chi connectivity index (χ0v) is 18.5. The van der Waals surface area contributed by atoms with E-state index in [1.165, 1.54) is 26.2 Å². The van der Waals surface area contributed by atoms with Crippen LogP contribution in [0.1, 0.15) is 29.2 Å². The minimum atomic E-state index is -1.06. The molecular formula is C23H19FN2O9. The van der Waals surface area contributed by atoms with Crippen LogP contribution < -0.4 is 25.2 Å². The first kappa shape index (κ1) is 23.5. The lowest BCUT2D eigenvalue weighted by atomic mass is 9.88. The van der Waals surface area contributed by atoms with Gasteiger partial charge < -0.3 is 29.1 Å². The molecule has 1 aliphatic heterocycles. The molecule has 3 aromatic rings. The Morgan fingerprint density at radius 1 is 1.29 bits per heavy atom. The number of fused-ring (bicyclic) bond motifs is 1. The van der Waals surface area contributed by atoms with Crippen LogP contribution in [0.4, 0.5) is 15.8 Å². The standard InChI is InChI=1S/C23H19FN2O9/c1-11-5-17(27)21(23(29)35-11)14(12-6-18(32-2)22-19(7-12)33-10-34-22)9-20(28)25-13-3-4-15(24)16(8-13)26(30)31/h3-8,14,27H,9-10H2,1-2H3,(H,25,28). The number of nitrogens with zero attached hydrogens (tertiary/aromatic N) is 1. The van der Waals surface area contributed by atoms with Gasteiger partial charge in [-0.25, -0.2) is 4.79 Å². The van der Waals surface area contributed by atoms with Crippen molar-refractivity contribution in [2.45, 2.75) is 19.3 Å². The Morgan fingerprint density at radius 2 is 2.06 bits per heavy atom. The zero-order valence-electron chi connectivity index (χ0n) is 18.5. The number of methoxy groups -OCH3 is 1. The van der Waals surface area contributed by atoms with Crippen molar-refractivity contribution in [3.63, 3.8) is 0 Å². The van der Waals surface area contributed by atoms with Crippen molar-refractivity contribution in [3.8, 4) is 23.0 Å². The number of benzene rings is 2. The van der Waals surface area contributed by atoms with Crippen LogP contribution in [-0.4, -0.2) is 29.8 Å². The molecule has 0 radical (unpaired) electrons. The van der Waals surface area contributed by atoms with Gasteiger partial charge in [0.1, 0.15) is 11.5 Å².